The van der Waals surface area contributed by atoms with Crippen LogP contribution in [0.25, 0.3) is 4.85 Å². The molecule has 112 valence electrons. The second-order valence-electron chi connectivity index (χ2n) is 5.39. The molecule has 0 aromatic carbocycles. The van der Waals surface area contributed by atoms with Gasteiger partial charge in [-0.25, -0.2) is 16.2 Å². The highest BCUT2D eigenvalue weighted by Gasteiger charge is 2.35. The largest absolute Gasteiger partial charge is 0.467 e. The number of rotatable bonds is 5. The monoisotopic (exact) mass is 282 g/mol. The van der Waals surface area contributed by atoms with Crippen molar-refractivity contribution in [1.82, 2.24) is 5.32 Å². The van der Waals surface area contributed by atoms with E-state index in [0.29, 0.717) is 13.0 Å². The molecule has 0 aromatic rings. The summed E-state index contributed by atoms with van der Waals surface area (Å²) < 4.78 is 9.80. The van der Waals surface area contributed by atoms with Crippen molar-refractivity contribution in [1.29, 1.82) is 0 Å². The molecule has 1 amide bonds. The maximum absolute atomic E-state index is 11.8. The molecule has 6 heteroatoms. The smallest absolute Gasteiger partial charge is 0.408 e. The van der Waals surface area contributed by atoms with Gasteiger partial charge in [0, 0.05) is 6.42 Å². The SMILES string of the molecule is [C-]#[N+]CC/C=C/[C@@](C)(NC(=O)OC(C)(C)C)C(=O)OC. The van der Waals surface area contributed by atoms with Crippen LogP contribution in [0.3, 0.4) is 0 Å². The lowest BCUT2D eigenvalue weighted by molar-refractivity contribution is -0.145. The minimum Gasteiger partial charge on any atom is -0.467 e. The van der Waals surface area contributed by atoms with Crippen LogP contribution >= 0.6 is 0 Å². The molecule has 6 nitrogen and oxygen atoms in total. The lowest BCUT2D eigenvalue weighted by Gasteiger charge is -2.27. The van der Waals surface area contributed by atoms with Gasteiger partial charge in [-0.15, -0.1) is 0 Å². The summed E-state index contributed by atoms with van der Waals surface area (Å²) in [5.74, 6) is -0.609. The number of ether oxygens (including phenoxy) is 2. The Labute approximate surface area is 119 Å². The second-order valence-corrected chi connectivity index (χ2v) is 5.39. The van der Waals surface area contributed by atoms with Crippen LogP contribution in [0.15, 0.2) is 12.2 Å². The van der Waals surface area contributed by atoms with E-state index in [1.54, 1.807) is 26.8 Å². The van der Waals surface area contributed by atoms with Gasteiger partial charge in [0.05, 0.1) is 7.11 Å². The van der Waals surface area contributed by atoms with Crippen LogP contribution in [0.4, 0.5) is 4.79 Å². The molecule has 0 aliphatic rings. The van der Waals surface area contributed by atoms with E-state index in [1.807, 2.05) is 0 Å². The molecular formula is C14H22N2O4. The van der Waals surface area contributed by atoms with E-state index >= 15 is 0 Å². The molecule has 1 N–H and O–H groups in total. The summed E-state index contributed by atoms with van der Waals surface area (Å²) in [6.45, 7) is 13.7. The quantitative estimate of drug-likeness (QED) is 0.363. The second kappa shape index (κ2) is 7.53. The number of amides is 1. The van der Waals surface area contributed by atoms with E-state index in [1.165, 1.54) is 20.1 Å². The van der Waals surface area contributed by atoms with Crippen molar-refractivity contribution in [2.45, 2.75) is 45.3 Å². The van der Waals surface area contributed by atoms with E-state index < -0.39 is 23.2 Å². The van der Waals surface area contributed by atoms with Crippen LogP contribution in [0.5, 0.6) is 0 Å². The minimum absolute atomic E-state index is 0.320. The molecule has 0 aromatic heterocycles. The molecule has 0 radical (unpaired) electrons. The van der Waals surface area contributed by atoms with Gasteiger partial charge >= 0.3 is 12.1 Å². The van der Waals surface area contributed by atoms with E-state index in [2.05, 4.69) is 14.9 Å². The number of methoxy groups -OCH3 is 1. The molecule has 20 heavy (non-hydrogen) atoms. The number of carbonyl (C=O) groups excluding carboxylic acids is 2. The van der Waals surface area contributed by atoms with Crippen molar-refractivity contribution in [2.24, 2.45) is 0 Å². The summed E-state index contributed by atoms with van der Waals surface area (Å²) in [6.07, 6.45) is 2.95. The van der Waals surface area contributed by atoms with Crippen LogP contribution in [0.1, 0.15) is 34.1 Å². The standard InChI is InChI=1S/C14H22N2O4/c1-13(2,3)20-12(18)16-14(4,11(17)19-6)9-7-8-10-15-5/h7,9H,8,10H2,1-4,6H3,(H,16,18)/b9-7+/t14-/m1/s1. The summed E-state index contributed by atoms with van der Waals surface area (Å²) in [5.41, 5.74) is -1.98. The van der Waals surface area contributed by atoms with Crippen molar-refractivity contribution in [3.8, 4) is 0 Å². The number of esters is 1. The average molecular weight is 282 g/mol. The molecule has 0 fully saturated rings. The van der Waals surface area contributed by atoms with E-state index in [4.69, 9.17) is 11.3 Å². The van der Waals surface area contributed by atoms with Crippen LogP contribution < -0.4 is 5.32 Å². The molecule has 0 bridgehead atoms. The number of nitrogens with zero attached hydrogens (tertiary/aromatic N) is 1. The Kier molecular flexibility index (Phi) is 6.77. The van der Waals surface area contributed by atoms with Gasteiger partial charge in [-0.3, -0.25) is 0 Å². The number of carbonyl (C=O) groups is 2. The van der Waals surface area contributed by atoms with Crippen molar-refractivity contribution < 1.29 is 19.1 Å². The zero-order valence-corrected chi connectivity index (χ0v) is 12.6. The minimum atomic E-state index is -1.32. The van der Waals surface area contributed by atoms with Crippen molar-refractivity contribution >= 4 is 12.1 Å². The van der Waals surface area contributed by atoms with Crippen molar-refractivity contribution in [3.63, 3.8) is 0 Å². The first-order valence-electron chi connectivity index (χ1n) is 6.25. The van der Waals surface area contributed by atoms with Gasteiger partial charge in [-0.2, -0.15) is 0 Å². The summed E-state index contributed by atoms with van der Waals surface area (Å²) in [4.78, 5) is 26.8. The maximum Gasteiger partial charge on any atom is 0.408 e. The Balaban J connectivity index is 4.88. The van der Waals surface area contributed by atoms with Gasteiger partial charge in [0.2, 0.25) is 6.54 Å². The van der Waals surface area contributed by atoms with E-state index in [-0.39, 0.29) is 0 Å². The van der Waals surface area contributed by atoms with Crippen LogP contribution in [0, 0.1) is 6.57 Å². The Bertz CT molecular complexity index is 418. The average Bonchev–Trinajstić information content (AvgIpc) is 2.31. The normalized spacial score (nSPS) is 14.2. The fourth-order valence-electron chi connectivity index (χ4n) is 1.35. The molecule has 0 aliphatic carbocycles. The Morgan fingerprint density at radius 3 is 2.35 bits per heavy atom. The molecule has 1 atom stereocenters. The molecule has 0 spiro atoms. The fourth-order valence-corrected chi connectivity index (χ4v) is 1.35. The molecule has 0 unspecified atom stereocenters. The third-order valence-corrected chi connectivity index (χ3v) is 2.23. The predicted octanol–water partition coefficient (Wildman–Crippen LogP) is 2.31. The third kappa shape index (κ3) is 6.78. The van der Waals surface area contributed by atoms with Gasteiger partial charge < -0.3 is 19.6 Å². The molecule has 0 rings (SSSR count). The third-order valence-electron chi connectivity index (χ3n) is 2.23. The lowest BCUT2D eigenvalue weighted by atomic mass is 10.0. The van der Waals surface area contributed by atoms with Crippen LogP contribution in [-0.2, 0) is 14.3 Å². The molecule has 0 saturated carbocycles. The highest BCUT2D eigenvalue weighted by molar-refractivity contribution is 5.87. The Morgan fingerprint density at radius 1 is 1.30 bits per heavy atom. The first-order valence-corrected chi connectivity index (χ1v) is 6.25. The number of alkyl carbamates (subject to hydrolysis) is 1. The molecule has 0 aliphatic heterocycles. The number of nitrogens with one attached hydrogen (secondary N) is 1. The Hall–Kier alpha value is -2.03. The first-order chi connectivity index (χ1) is 9.14. The fraction of sp³-hybridized carbons (Fsp3) is 0.643. The van der Waals surface area contributed by atoms with E-state index in [9.17, 15) is 9.59 Å². The van der Waals surface area contributed by atoms with Crippen LogP contribution in [0.2, 0.25) is 0 Å². The van der Waals surface area contributed by atoms with E-state index in [0.717, 1.165) is 0 Å². The summed E-state index contributed by atoms with van der Waals surface area (Å²) >= 11 is 0. The van der Waals surface area contributed by atoms with Gasteiger partial charge in [0.25, 0.3) is 0 Å². The van der Waals surface area contributed by atoms with Crippen LogP contribution in [-0.4, -0.2) is 36.9 Å². The molecule has 0 heterocycles. The van der Waals surface area contributed by atoms with Gasteiger partial charge in [-0.05, 0) is 27.7 Å². The lowest BCUT2D eigenvalue weighted by Crippen LogP contribution is -2.52. The zero-order chi connectivity index (χ0) is 15.8. The summed E-state index contributed by atoms with van der Waals surface area (Å²) in [5, 5.41) is 2.48. The Morgan fingerprint density at radius 2 is 1.90 bits per heavy atom. The topological polar surface area (TPSA) is 69.0 Å². The highest BCUT2D eigenvalue weighted by Crippen LogP contribution is 2.13. The van der Waals surface area contributed by atoms with Crippen molar-refractivity contribution in [2.75, 3.05) is 13.7 Å². The van der Waals surface area contributed by atoms with Gasteiger partial charge in [0.1, 0.15) is 5.60 Å². The summed E-state index contributed by atoms with van der Waals surface area (Å²) in [6, 6.07) is 0. The zero-order valence-electron chi connectivity index (χ0n) is 12.6. The number of hydrogen-bond acceptors (Lipinski definition) is 4. The molecule has 0 saturated heterocycles. The van der Waals surface area contributed by atoms with Gasteiger partial charge in [-0.1, -0.05) is 12.2 Å². The highest BCUT2D eigenvalue weighted by atomic mass is 16.6. The molecular weight excluding hydrogens is 260 g/mol. The predicted molar refractivity (Wildman–Crippen MR) is 75.0 cm³/mol. The first kappa shape index (κ1) is 18.0. The van der Waals surface area contributed by atoms with Gasteiger partial charge in [0.15, 0.2) is 5.54 Å². The summed E-state index contributed by atoms with van der Waals surface area (Å²) in [7, 11) is 1.24. The van der Waals surface area contributed by atoms with Crippen molar-refractivity contribution in [3.05, 3.63) is 23.6 Å². The maximum atomic E-state index is 11.8. The number of hydrogen-bond donors (Lipinski definition) is 1.